The van der Waals surface area contributed by atoms with E-state index in [-0.39, 0.29) is 35.0 Å². The first-order valence-corrected chi connectivity index (χ1v) is 22.9. The Bertz CT molecular complexity index is 709. The number of likely N-dealkylation sites (N-methyl/N-ethyl adjacent to an activating group) is 1. The number of nitrogens with zero attached hydrogens (tertiary/aromatic N) is 1. The van der Waals surface area contributed by atoms with Gasteiger partial charge in [-0.15, -0.1) is 0 Å². The molecule has 0 aliphatic carbocycles. The van der Waals surface area contributed by atoms with Gasteiger partial charge in [-0.3, -0.25) is 14.5 Å². The van der Waals surface area contributed by atoms with Crippen molar-refractivity contribution in [2.45, 2.75) is 161 Å². The monoisotopic (exact) mass is 603 g/mol. The van der Waals surface area contributed by atoms with Gasteiger partial charge >= 0.3 is 5.97 Å². The van der Waals surface area contributed by atoms with Crippen LogP contribution in [-0.2, 0) is 22.9 Å². The quantitative estimate of drug-likeness (QED) is 0.146. The highest BCUT2D eigenvalue weighted by Gasteiger charge is 2.51. The van der Waals surface area contributed by atoms with Crippen LogP contribution in [0.4, 0.5) is 0 Å². The van der Waals surface area contributed by atoms with E-state index >= 15 is 0 Å². The third kappa shape index (κ3) is 9.79. The van der Waals surface area contributed by atoms with Gasteiger partial charge in [0.25, 0.3) is 22.6 Å². The zero-order valence-electron chi connectivity index (χ0n) is 28.6. The molecule has 0 radical (unpaired) electrons. The van der Waals surface area contributed by atoms with Crippen LogP contribution in [0.1, 0.15) is 103 Å². The summed E-state index contributed by atoms with van der Waals surface area (Å²) in [7, 11) is -4.81. The summed E-state index contributed by atoms with van der Waals surface area (Å²) in [4.78, 5) is 30.0. The van der Waals surface area contributed by atoms with Gasteiger partial charge in [-0.2, -0.15) is 0 Å². The Hall–Kier alpha value is -0.489. The van der Waals surface area contributed by atoms with Crippen LogP contribution in [0.3, 0.4) is 0 Å². The number of hydrogen-bond donors (Lipinski definition) is 0. The minimum Gasteiger partial charge on any atom is -0.518 e. The number of carbonyl (C=O) groups excluding carboxylic acids is 2. The van der Waals surface area contributed by atoms with Gasteiger partial charge in [0.15, 0.2) is 8.32 Å². The van der Waals surface area contributed by atoms with Gasteiger partial charge in [0.1, 0.15) is 6.04 Å². The second-order valence-corrected chi connectivity index (χ2v) is 29.1. The Morgan fingerprint density at radius 3 is 1.41 bits per heavy atom. The van der Waals surface area contributed by atoms with Crippen molar-refractivity contribution in [2.24, 2.45) is 0 Å². The van der Waals surface area contributed by atoms with E-state index < -0.39 is 31.0 Å². The van der Waals surface area contributed by atoms with Gasteiger partial charge in [0.2, 0.25) is 0 Å². The van der Waals surface area contributed by atoms with E-state index in [9.17, 15) is 9.59 Å². The largest absolute Gasteiger partial charge is 0.518 e. The predicted octanol–water partition coefficient (Wildman–Crippen LogP) is 8.75. The summed E-state index contributed by atoms with van der Waals surface area (Å²) < 4.78 is 18.9. The molecule has 0 aromatic rings. The number of rotatable bonds is 18. The van der Waals surface area contributed by atoms with Crippen LogP contribution in [0.25, 0.3) is 0 Å². The molecule has 0 aromatic carbocycles. The van der Waals surface area contributed by atoms with E-state index in [1.807, 2.05) is 0 Å². The second kappa shape index (κ2) is 16.2. The topological polar surface area (TPSA) is 65.1 Å². The van der Waals surface area contributed by atoms with Gasteiger partial charge in [-0.1, -0.05) is 90.0 Å². The lowest BCUT2D eigenvalue weighted by molar-refractivity contribution is -0.148. The SMILES string of the molecule is CCN(CCC[Si](C)(C)OC)C(CC(=O)O[Si](C(C)C)(C(C)C)C(C)C)C(=O)O[Si](C(C)C)(C(C)C)C(C)C. The van der Waals surface area contributed by atoms with Crippen LogP contribution in [-0.4, -0.2) is 68.0 Å². The average molecular weight is 604 g/mol. The number of hydrogen-bond acceptors (Lipinski definition) is 6. The van der Waals surface area contributed by atoms with Crippen molar-refractivity contribution in [3.8, 4) is 0 Å². The molecule has 0 amide bonds. The summed E-state index contributed by atoms with van der Waals surface area (Å²) >= 11 is 0. The third-order valence-corrected chi connectivity index (χ3v) is 23.9. The first-order chi connectivity index (χ1) is 17.8. The first-order valence-electron chi connectivity index (χ1n) is 15.5. The maximum Gasteiger partial charge on any atom is 0.310 e. The summed E-state index contributed by atoms with van der Waals surface area (Å²) in [6, 6.07) is 0.356. The van der Waals surface area contributed by atoms with E-state index in [4.69, 9.17) is 13.3 Å². The molecule has 0 aliphatic heterocycles. The van der Waals surface area contributed by atoms with Gasteiger partial charge in [-0.25, -0.2) is 0 Å². The molecule has 39 heavy (non-hydrogen) atoms. The van der Waals surface area contributed by atoms with Crippen molar-refractivity contribution < 1.29 is 22.9 Å². The van der Waals surface area contributed by atoms with Crippen molar-refractivity contribution in [2.75, 3.05) is 20.2 Å². The van der Waals surface area contributed by atoms with Crippen molar-refractivity contribution >= 4 is 36.9 Å². The molecular weight excluding hydrogens is 539 g/mol. The fourth-order valence-corrected chi connectivity index (χ4v) is 18.6. The van der Waals surface area contributed by atoms with Crippen LogP contribution >= 0.6 is 0 Å². The highest BCUT2D eigenvalue weighted by Crippen LogP contribution is 2.44. The summed E-state index contributed by atoms with van der Waals surface area (Å²) in [6.07, 6.45) is 0.959. The van der Waals surface area contributed by atoms with Crippen molar-refractivity contribution in [3.63, 3.8) is 0 Å². The van der Waals surface area contributed by atoms with E-state index in [1.54, 1.807) is 7.11 Å². The zero-order valence-corrected chi connectivity index (χ0v) is 31.6. The van der Waals surface area contributed by atoms with Crippen molar-refractivity contribution in [3.05, 3.63) is 0 Å². The molecule has 0 rings (SSSR count). The van der Waals surface area contributed by atoms with Gasteiger partial charge in [0.05, 0.1) is 6.42 Å². The molecule has 0 heterocycles. The van der Waals surface area contributed by atoms with Gasteiger partial charge in [0, 0.05) is 7.11 Å². The molecule has 6 nitrogen and oxygen atoms in total. The molecule has 0 saturated heterocycles. The van der Waals surface area contributed by atoms with Crippen LogP contribution in [0.2, 0.25) is 52.4 Å². The molecule has 9 heteroatoms. The molecule has 1 atom stereocenters. The third-order valence-electron chi connectivity index (χ3n) is 9.24. The van der Waals surface area contributed by atoms with Crippen LogP contribution in [0, 0.1) is 0 Å². The van der Waals surface area contributed by atoms with E-state index in [1.165, 1.54) is 0 Å². The lowest BCUT2D eigenvalue weighted by Crippen LogP contribution is -2.55. The Morgan fingerprint density at radius 1 is 0.692 bits per heavy atom. The Morgan fingerprint density at radius 2 is 1.08 bits per heavy atom. The molecule has 0 N–H and O–H groups in total. The minimum absolute atomic E-state index is 0.0391. The molecule has 0 bridgehead atoms. The summed E-state index contributed by atoms with van der Waals surface area (Å²) in [5.41, 5.74) is 1.70. The summed E-state index contributed by atoms with van der Waals surface area (Å²) in [5.74, 6) is -0.499. The van der Waals surface area contributed by atoms with Crippen LogP contribution in [0.15, 0.2) is 0 Å². The molecule has 0 fully saturated rings. The fourth-order valence-electron chi connectivity index (χ4n) is 7.05. The molecule has 0 saturated carbocycles. The van der Waals surface area contributed by atoms with Crippen molar-refractivity contribution in [1.82, 2.24) is 4.90 Å². The Labute approximate surface area is 245 Å². The maximum absolute atomic E-state index is 14.1. The van der Waals surface area contributed by atoms with E-state index in [2.05, 4.69) is 108 Å². The molecule has 0 aromatic heterocycles. The standard InChI is InChI=1S/C30H65NO5Si3/c1-17-31(19-18-20-37(15,16)34-14)28(30(33)36-39(25(8)9,26(10)11)27(12)13)21-29(32)35-38(22(2)3,23(4)5)24(6)7/h22-28H,17-21H2,1-16H3. The molecule has 0 aliphatic rings. The van der Waals surface area contributed by atoms with E-state index in [0.29, 0.717) is 23.2 Å². The fraction of sp³-hybridized carbons (Fsp3) is 0.933. The highest BCUT2D eigenvalue weighted by atomic mass is 28.4. The minimum atomic E-state index is -2.46. The lowest BCUT2D eigenvalue weighted by Gasteiger charge is -2.43. The lowest BCUT2D eigenvalue weighted by atomic mass is 10.1. The second-order valence-electron chi connectivity index (χ2n) is 13.9. The highest BCUT2D eigenvalue weighted by molar-refractivity contribution is 6.79. The molecule has 0 spiro atoms. The smallest absolute Gasteiger partial charge is 0.310 e. The Kier molecular flexibility index (Phi) is 16.0. The van der Waals surface area contributed by atoms with Crippen LogP contribution in [0.5, 0.6) is 0 Å². The summed E-state index contributed by atoms with van der Waals surface area (Å²) in [5, 5.41) is 0. The van der Waals surface area contributed by atoms with Crippen molar-refractivity contribution in [1.29, 1.82) is 0 Å². The normalized spacial score (nSPS) is 14.4. The predicted molar refractivity (Wildman–Crippen MR) is 174 cm³/mol. The van der Waals surface area contributed by atoms with Crippen LogP contribution < -0.4 is 0 Å². The first kappa shape index (κ1) is 38.5. The molecule has 1 unspecified atom stereocenters. The van der Waals surface area contributed by atoms with Gasteiger partial charge < -0.3 is 13.3 Å². The molecule has 232 valence electrons. The van der Waals surface area contributed by atoms with E-state index in [0.717, 1.165) is 19.0 Å². The average Bonchev–Trinajstić information content (AvgIpc) is 2.80. The zero-order chi connectivity index (χ0) is 30.9. The number of carbonyl (C=O) groups is 2. The maximum atomic E-state index is 14.1. The Balaban J connectivity index is 6.39. The van der Waals surface area contributed by atoms with Gasteiger partial charge in [-0.05, 0) is 71.9 Å². The summed E-state index contributed by atoms with van der Waals surface area (Å²) in [6.45, 7) is 34.1. The molecular formula is C30H65NO5Si3.